The highest BCUT2D eigenvalue weighted by Crippen LogP contribution is 2.18. The minimum atomic E-state index is -3.52. The van der Waals surface area contributed by atoms with Crippen molar-refractivity contribution in [1.29, 1.82) is 0 Å². The van der Waals surface area contributed by atoms with E-state index in [0.29, 0.717) is 56.6 Å². The first-order valence-corrected chi connectivity index (χ1v) is 11.2. The van der Waals surface area contributed by atoms with Crippen LogP contribution in [0.3, 0.4) is 0 Å². The number of benzene rings is 1. The summed E-state index contributed by atoms with van der Waals surface area (Å²) in [4.78, 5) is 22.9. The number of ether oxygens (including phenoxy) is 1. The summed E-state index contributed by atoms with van der Waals surface area (Å²) in [6.07, 6.45) is 3.27. The molecule has 1 N–H and O–H groups in total. The van der Waals surface area contributed by atoms with Gasteiger partial charge in [-0.2, -0.15) is 17.0 Å². The summed E-state index contributed by atoms with van der Waals surface area (Å²) < 4.78 is 33.7. The highest BCUT2D eigenvalue weighted by Gasteiger charge is 2.34. The molecule has 1 amide bonds. The Kier molecular flexibility index (Phi) is 6.23. The van der Waals surface area contributed by atoms with Crippen molar-refractivity contribution in [3.63, 3.8) is 0 Å². The first-order chi connectivity index (χ1) is 14.5. The summed E-state index contributed by atoms with van der Waals surface area (Å²) in [5, 5.41) is 3.07. The van der Waals surface area contributed by atoms with Crippen LogP contribution in [0, 0.1) is 0 Å². The number of morpholine rings is 1. The van der Waals surface area contributed by atoms with Gasteiger partial charge in [-0.05, 0) is 24.3 Å². The molecule has 1 aromatic carbocycles. The monoisotopic (exact) mass is 432 g/mol. The molecule has 0 saturated carbocycles. The Morgan fingerprint density at radius 2 is 1.60 bits per heavy atom. The molecule has 2 aliphatic rings. The summed E-state index contributed by atoms with van der Waals surface area (Å²) in [5.74, 6) is 0.320. The number of hydrogen-bond acceptors (Lipinski definition) is 7. The Bertz CT molecular complexity index is 974. The van der Waals surface area contributed by atoms with E-state index in [-0.39, 0.29) is 19.0 Å². The van der Waals surface area contributed by atoms with Crippen LogP contribution in [0.1, 0.15) is 10.4 Å². The number of nitrogens with zero attached hydrogens (tertiary/aromatic N) is 5. The maximum atomic E-state index is 12.9. The van der Waals surface area contributed by atoms with Crippen molar-refractivity contribution in [3.8, 4) is 0 Å². The fourth-order valence-electron chi connectivity index (χ4n) is 3.47. The molecule has 3 heterocycles. The van der Waals surface area contributed by atoms with E-state index in [4.69, 9.17) is 4.74 Å². The zero-order chi connectivity index (χ0) is 21.0. The van der Waals surface area contributed by atoms with Gasteiger partial charge in [-0.3, -0.25) is 4.79 Å². The number of hydrogen-bond donors (Lipinski definition) is 1. The quantitative estimate of drug-likeness (QED) is 0.735. The second-order valence-electron chi connectivity index (χ2n) is 6.99. The minimum Gasteiger partial charge on any atom is -0.379 e. The minimum absolute atomic E-state index is 0.129. The maximum absolute atomic E-state index is 12.9. The van der Waals surface area contributed by atoms with Crippen LogP contribution in [0.25, 0.3) is 0 Å². The van der Waals surface area contributed by atoms with Crippen LogP contribution in [-0.2, 0) is 14.9 Å². The molecular weight excluding hydrogens is 408 g/mol. The summed E-state index contributed by atoms with van der Waals surface area (Å²) in [5.41, 5.74) is 1.24. The number of amides is 1. The zero-order valence-electron chi connectivity index (χ0n) is 16.5. The van der Waals surface area contributed by atoms with Crippen molar-refractivity contribution < 1.29 is 17.9 Å². The number of rotatable bonds is 5. The average Bonchev–Trinajstić information content (AvgIpc) is 2.80. The third kappa shape index (κ3) is 4.59. The van der Waals surface area contributed by atoms with Gasteiger partial charge in [-0.1, -0.05) is 6.07 Å². The molecule has 10 nitrogen and oxygen atoms in total. The van der Waals surface area contributed by atoms with Crippen LogP contribution >= 0.6 is 0 Å². The lowest BCUT2D eigenvalue weighted by molar-refractivity contribution is 0.0636. The molecule has 2 aromatic rings. The molecule has 0 spiro atoms. The van der Waals surface area contributed by atoms with Gasteiger partial charge < -0.3 is 15.0 Å². The van der Waals surface area contributed by atoms with E-state index in [0.717, 1.165) is 0 Å². The molecule has 0 radical (unpaired) electrons. The molecule has 0 bridgehead atoms. The molecule has 4 rings (SSSR count). The molecular formula is C19H24N6O4S. The van der Waals surface area contributed by atoms with Crippen LogP contribution < -0.4 is 5.32 Å². The van der Waals surface area contributed by atoms with E-state index in [9.17, 15) is 13.2 Å². The number of piperazine rings is 1. The lowest BCUT2D eigenvalue weighted by Gasteiger charge is -2.37. The Hall–Kier alpha value is -2.60. The molecule has 30 heavy (non-hydrogen) atoms. The molecule has 2 aliphatic heterocycles. The van der Waals surface area contributed by atoms with E-state index in [2.05, 4.69) is 15.3 Å². The van der Waals surface area contributed by atoms with Gasteiger partial charge in [-0.15, -0.1) is 0 Å². The largest absolute Gasteiger partial charge is 0.379 e. The molecule has 0 aliphatic carbocycles. The van der Waals surface area contributed by atoms with Gasteiger partial charge in [0.05, 0.1) is 13.2 Å². The van der Waals surface area contributed by atoms with E-state index in [1.54, 1.807) is 41.6 Å². The van der Waals surface area contributed by atoms with Gasteiger partial charge in [0.25, 0.3) is 16.1 Å². The maximum Gasteiger partial charge on any atom is 0.282 e. The van der Waals surface area contributed by atoms with Gasteiger partial charge in [0, 0.05) is 62.9 Å². The summed E-state index contributed by atoms with van der Waals surface area (Å²) in [6, 6.07) is 8.84. The van der Waals surface area contributed by atoms with Crippen LogP contribution in [0.2, 0.25) is 0 Å². The fraction of sp³-hybridized carbons (Fsp3) is 0.421. The zero-order valence-corrected chi connectivity index (χ0v) is 17.3. The van der Waals surface area contributed by atoms with E-state index < -0.39 is 10.2 Å². The van der Waals surface area contributed by atoms with Crippen molar-refractivity contribution in [1.82, 2.24) is 23.5 Å². The van der Waals surface area contributed by atoms with Crippen molar-refractivity contribution in [3.05, 3.63) is 48.3 Å². The van der Waals surface area contributed by atoms with Crippen molar-refractivity contribution in [2.75, 3.05) is 57.8 Å². The summed E-state index contributed by atoms with van der Waals surface area (Å²) in [6.45, 7) is 2.82. The molecule has 0 unspecified atom stereocenters. The fourth-order valence-corrected chi connectivity index (χ4v) is 5.03. The Balaban J connectivity index is 1.38. The van der Waals surface area contributed by atoms with Crippen LogP contribution in [0.5, 0.6) is 0 Å². The Morgan fingerprint density at radius 1 is 0.933 bits per heavy atom. The highest BCUT2D eigenvalue weighted by atomic mass is 32.2. The molecule has 160 valence electrons. The summed E-state index contributed by atoms with van der Waals surface area (Å²) in [7, 11) is -3.52. The van der Waals surface area contributed by atoms with Gasteiger partial charge in [0.15, 0.2) is 0 Å². The SMILES string of the molecule is O=C(c1cccc(Nc2ncccn2)c1)N1CCN(S(=O)(=O)N2CCOCC2)CC1. The second kappa shape index (κ2) is 9.04. The van der Waals surface area contributed by atoms with Crippen molar-refractivity contribution in [2.24, 2.45) is 0 Å². The smallest absolute Gasteiger partial charge is 0.282 e. The lowest BCUT2D eigenvalue weighted by Crippen LogP contribution is -2.55. The molecule has 0 atom stereocenters. The first kappa shape index (κ1) is 20.7. The number of carbonyl (C=O) groups is 1. The molecule has 11 heteroatoms. The normalized spacial score (nSPS) is 18.9. The Labute approximate surface area is 175 Å². The second-order valence-corrected chi connectivity index (χ2v) is 8.92. The number of aromatic nitrogens is 2. The van der Waals surface area contributed by atoms with Crippen molar-refractivity contribution >= 4 is 27.8 Å². The lowest BCUT2D eigenvalue weighted by atomic mass is 10.1. The molecule has 2 saturated heterocycles. The predicted molar refractivity (Wildman–Crippen MR) is 111 cm³/mol. The number of anilines is 2. The third-order valence-electron chi connectivity index (χ3n) is 5.08. The Morgan fingerprint density at radius 3 is 2.30 bits per heavy atom. The van der Waals surface area contributed by atoms with Crippen LogP contribution in [-0.4, -0.2) is 90.3 Å². The average molecular weight is 433 g/mol. The van der Waals surface area contributed by atoms with Crippen LogP contribution in [0.4, 0.5) is 11.6 Å². The molecule has 1 aromatic heterocycles. The van der Waals surface area contributed by atoms with Gasteiger partial charge >= 0.3 is 0 Å². The third-order valence-corrected chi connectivity index (χ3v) is 7.12. The standard InChI is InChI=1S/C19H24N6O4S/c26-18(16-3-1-4-17(15-16)22-19-20-5-2-6-21-19)23-7-9-24(10-8-23)30(27,28)25-11-13-29-14-12-25/h1-6,15H,7-14H2,(H,20,21,22). The van der Waals surface area contributed by atoms with E-state index in [1.807, 2.05) is 6.07 Å². The van der Waals surface area contributed by atoms with E-state index in [1.165, 1.54) is 8.61 Å². The van der Waals surface area contributed by atoms with Gasteiger partial charge in [0.1, 0.15) is 0 Å². The molecule has 2 fully saturated rings. The van der Waals surface area contributed by atoms with Gasteiger partial charge in [-0.25, -0.2) is 9.97 Å². The van der Waals surface area contributed by atoms with Crippen molar-refractivity contribution in [2.45, 2.75) is 0 Å². The topological polar surface area (TPSA) is 108 Å². The van der Waals surface area contributed by atoms with Gasteiger partial charge in [0.2, 0.25) is 5.95 Å². The summed E-state index contributed by atoms with van der Waals surface area (Å²) >= 11 is 0. The predicted octanol–water partition coefficient (Wildman–Crippen LogP) is 0.555. The number of nitrogens with one attached hydrogen (secondary N) is 1. The van der Waals surface area contributed by atoms with E-state index >= 15 is 0 Å². The number of carbonyl (C=O) groups excluding carboxylic acids is 1. The van der Waals surface area contributed by atoms with Crippen LogP contribution in [0.15, 0.2) is 42.7 Å². The highest BCUT2D eigenvalue weighted by molar-refractivity contribution is 7.86. The first-order valence-electron chi connectivity index (χ1n) is 9.80.